The molecule has 1 aromatic heterocycles. The van der Waals surface area contributed by atoms with Crippen LogP contribution in [0.15, 0.2) is 97.3 Å². The molecule has 2 aromatic rings. The van der Waals surface area contributed by atoms with Gasteiger partial charge < -0.3 is 18.6 Å². The highest BCUT2D eigenvalue weighted by Gasteiger charge is 2.20. The van der Waals surface area contributed by atoms with Crippen molar-refractivity contribution in [3.05, 3.63) is 98.5 Å². The van der Waals surface area contributed by atoms with Crippen LogP contribution in [0.5, 0.6) is 17.2 Å². The molecule has 0 aliphatic carbocycles. The Kier molecular flexibility index (Phi) is 16.2. The van der Waals surface area contributed by atoms with Crippen LogP contribution in [0.1, 0.15) is 101 Å². The van der Waals surface area contributed by atoms with Crippen LogP contribution in [0, 0.1) is 0 Å². The quantitative estimate of drug-likeness (QED) is 0.125. The zero-order valence-corrected chi connectivity index (χ0v) is 28.6. The Morgan fingerprint density at radius 1 is 0.591 bits per heavy atom. The summed E-state index contributed by atoms with van der Waals surface area (Å²) in [5.41, 5.74) is 7.38. The number of allylic oxidation sites excluding steroid dienone is 9. The van der Waals surface area contributed by atoms with Crippen LogP contribution in [0.2, 0.25) is 0 Å². The highest BCUT2D eigenvalue weighted by molar-refractivity contribution is 5.89. The minimum absolute atomic E-state index is 0.0774. The van der Waals surface area contributed by atoms with Crippen LogP contribution in [0.4, 0.5) is 0 Å². The molecule has 1 heterocycles. The fourth-order valence-electron chi connectivity index (χ4n) is 4.42. The Balaban J connectivity index is 2.33. The Bertz CT molecular complexity index is 1450. The summed E-state index contributed by atoms with van der Waals surface area (Å²) in [5, 5.41) is 0.640. The maximum Gasteiger partial charge on any atom is 0.383 e. The van der Waals surface area contributed by atoms with E-state index >= 15 is 0 Å². The SMILES string of the molecule is CC(C)=CCC/C(C)=C/COc1c(OC/C=C(\C)CCC=C(C)C)c2cccc(OC/C=C(\C)CCC=C(C)C)c2oc1=O. The molecule has 0 saturated carbocycles. The summed E-state index contributed by atoms with van der Waals surface area (Å²) < 4.78 is 24.2. The van der Waals surface area contributed by atoms with Gasteiger partial charge in [-0.05, 0) is 131 Å². The van der Waals surface area contributed by atoms with E-state index in [-0.39, 0.29) is 12.4 Å². The van der Waals surface area contributed by atoms with Crippen molar-refractivity contribution in [2.24, 2.45) is 0 Å². The lowest BCUT2D eigenvalue weighted by Gasteiger charge is -2.14. The minimum Gasteiger partial charge on any atom is -0.486 e. The van der Waals surface area contributed by atoms with E-state index in [1.807, 2.05) is 24.3 Å². The van der Waals surface area contributed by atoms with Gasteiger partial charge in [0.1, 0.15) is 19.8 Å². The van der Waals surface area contributed by atoms with Gasteiger partial charge in [0.05, 0.1) is 5.39 Å². The maximum atomic E-state index is 13.3. The number of benzene rings is 1. The largest absolute Gasteiger partial charge is 0.486 e. The van der Waals surface area contributed by atoms with E-state index in [0.29, 0.717) is 35.7 Å². The summed E-state index contributed by atoms with van der Waals surface area (Å²) in [6.45, 7) is 19.9. The molecule has 0 N–H and O–H groups in total. The molecule has 0 atom stereocenters. The number of hydrogen-bond donors (Lipinski definition) is 0. The van der Waals surface area contributed by atoms with E-state index in [4.69, 9.17) is 18.6 Å². The molecule has 44 heavy (non-hydrogen) atoms. The number of hydrogen-bond acceptors (Lipinski definition) is 5. The molecule has 0 aliphatic rings. The first-order valence-electron chi connectivity index (χ1n) is 15.8. The Labute approximate surface area is 265 Å². The summed E-state index contributed by atoms with van der Waals surface area (Å²) in [7, 11) is 0. The van der Waals surface area contributed by atoms with Crippen LogP contribution in [0.3, 0.4) is 0 Å². The number of rotatable bonds is 18. The maximum absolute atomic E-state index is 13.3. The Morgan fingerprint density at radius 3 is 1.48 bits per heavy atom. The van der Waals surface area contributed by atoms with Gasteiger partial charge in [0, 0.05) is 0 Å². The second kappa shape index (κ2) is 19.5. The zero-order chi connectivity index (χ0) is 32.5. The van der Waals surface area contributed by atoms with E-state index < -0.39 is 5.63 Å². The predicted molar refractivity (Wildman–Crippen MR) is 186 cm³/mol. The first kappa shape index (κ1) is 36.5. The van der Waals surface area contributed by atoms with Crippen LogP contribution in [-0.4, -0.2) is 19.8 Å². The summed E-state index contributed by atoms with van der Waals surface area (Å²) in [6, 6.07) is 5.57. The van der Waals surface area contributed by atoms with Gasteiger partial charge in [-0.1, -0.05) is 57.7 Å². The predicted octanol–water partition coefficient (Wildman–Crippen LogP) is 11.0. The normalized spacial score (nSPS) is 12.2. The van der Waals surface area contributed by atoms with E-state index in [2.05, 4.69) is 92.7 Å². The van der Waals surface area contributed by atoms with Crippen molar-refractivity contribution in [3.63, 3.8) is 0 Å². The highest BCUT2D eigenvalue weighted by atomic mass is 16.5. The lowest BCUT2D eigenvalue weighted by molar-refractivity contribution is 0.293. The third-order valence-electron chi connectivity index (χ3n) is 7.07. The van der Waals surface area contributed by atoms with Gasteiger partial charge in [-0.2, -0.15) is 0 Å². The standard InChI is InChI=1S/C39H54O5/c1-28(2)14-10-17-31(7)22-25-41-35-21-13-20-34-36(35)44-39(40)38(43-27-24-33(9)19-12-16-30(5)6)37(34)42-26-23-32(8)18-11-15-29(3)4/h13-16,20-24H,10-12,17-19,25-27H2,1-9H3/b31-22+,32-23+,33-24+. The van der Waals surface area contributed by atoms with Gasteiger partial charge in [-0.3, -0.25) is 0 Å². The molecular formula is C39H54O5. The van der Waals surface area contributed by atoms with Crippen molar-refractivity contribution in [2.45, 2.75) is 101 Å². The van der Waals surface area contributed by atoms with Crippen molar-refractivity contribution in [3.8, 4) is 17.2 Å². The molecule has 0 bridgehead atoms. The van der Waals surface area contributed by atoms with Gasteiger partial charge in [0.15, 0.2) is 17.1 Å². The molecule has 0 radical (unpaired) electrons. The Morgan fingerprint density at radius 2 is 1.02 bits per heavy atom. The second-order valence-electron chi connectivity index (χ2n) is 12.2. The first-order chi connectivity index (χ1) is 21.0. The van der Waals surface area contributed by atoms with Crippen molar-refractivity contribution < 1.29 is 18.6 Å². The molecule has 1 aromatic carbocycles. The van der Waals surface area contributed by atoms with Crippen LogP contribution < -0.4 is 19.8 Å². The summed E-state index contributed by atoms with van der Waals surface area (Å²) >= 11 is 0. The van der Waals surface area contributed by atoms with E-state index in [0.717, 1.165) is 38.5 Å². The van der Waals surface area contributed by atoms with Gasteiger partial charge in [-0.15, -0.1) is 0 Å². The molecule has 0 spiro atoms. The summed E-state index contributed by atoms with van der Waals surface area (Å²) in [6.07, 6.45) is 18.6. The van der Waals surface area contributed by atoms with E-state index in [9.17, 15) is 4.79 Å². The smallest absolute Gasteiger partial charge is 0.383 e. The van der Waals surface area contributed by atoms with Crippen LogP contribution in [0.25, 0.3) is 11.0 Å². The highest BCUT2D eigenvalue weighted by Crippen LogP contribution is 2.37. The van der Waals surface area contributed by atoms with Crippen LogP contribution in [-0.2, 0) is 0 Å². The molecule has 0 amide bonds. The van der Waals surface area contributed by atoms with E-state index in [1.165, 1.54) is 33.4 Å². The lowest BCUT2D eigenvalue weighted by Crippen LogP contribution is -2.11. The molecule has 0 unspecified atom stereocenters. The zero-order valence-electron chi connectivity index (χ0n) is 28.6. The lowest BCUT2D eigenvalue weighted by atomic mass is 10.1. The number of fused-ring (bicyclic) bond motifs is 1. The average Bonchev–Trinajstić information content (AvgIpc) is 2.94. The van der Waals surface area contributed by atoms with Crippen molar-refractivity contribution in [1.29, 1.82) is 0 Å². The Hall–Kier alpha value is -3.73. The number of ether oxygens (including phenoxy) is 3. The molecule has 240 valence electrons. The minimum atomic E-state index is -0.586. The molecule has 0 saturated heterocycles. The topological polar surface area (TPSA) is 57.9 Å². The molecule has 2 rings (SSSR count). The third-order valence-corrected chi connectivity index (χ3v) is 7.07. The van der Waals surface area contributed by atoms with Gasteiger partial charge >= 0.3 is 5.63 Å². The van der Waals surface area contributed by atoms with Gasteiger partial charge in [-0.25, -0.2) is 4.79 Å². The van der Waals surface area contributed by atoms with Gasteiger partial charge in [0.25, 0.3) is 0 Å². The summed E-state index contributed by atoms with van der Waals surface area (Å²) in [4.78, 5) is 13.3. The fraction of sp³-hybridized carbons (Fsp3) is 0.462. The van der Waals surface area contributed by atoms with Crippen molar-refractivity contribution >= 4 is 11.0 Å². The molecule has 0 aliphatic heterocycles. The van der Waals surface area contributed by atoms with Crippen molar-refractivity contribution in [2.75, 3.05) is 19.8 Å². The molecular weight excluding hydrogens is 548 g/mol. The summed E-state index contributed by atoms with van der Waals surface area (Å²) in [5.74, 6) is 0.945. The first-order valence-corrected chi connectivity index (χ1v) is 15.8. The number of para-hydroxylation sites is 1. The molecule has 5 nitrogen and oxygen atoms in total. The van der Waals surface area contributed by atoms with Gasteiger partial charge in [0.2, 0.25) is 5.75 Å². The molecule has 0 fully saturated rings. The van der Waals surface area contributed by atoms with Crippen molar-refractivity contribution in [1.82, 2.24) is 0 Å². The monoisotopic (exact) mass is 602 g/mol. The average molecular weight is 603 g/mol. The second-order valence-corrected chi connectivity index (χ2v) is 12.2. The third kappa shape index (κ3) is 13.7. The molecule has 5 heteroatoms. The fourth-order valence-corrected chi connectivity index (χ4v) is 4.42. The van der Waals surface area contributed by atoms with Crippen LogP contribution >= 0.6 is 0 Å². The van der Waals surface area contributed by atoms with E-state index in [1.54, 1.807) is 0 Å².